The highest BCUT2D eigenvalue weighted by Crippen LogP contribution is 2.47. The molecule has 0 amide bonds. The Bertz CT molecular complexity index is 537. The monoisotopic (exact) mass is 348 g/mol. The Kier molecular flexibility index (Phi) is 5.70. The van der Waals surface area contributed by atoms with Crippen LogP contribution in [0.25, 0.3) is 0 Å². The maximum atomic E-state index is 13.4. The van der Waals surface area contributed by atoms with Crippen molar-refractivity contribution in [2.45, 2.75) is 32.6 Å². The van der Waals surface area contributed by atoms with Gasteiger partial charge in [0.15, 0.2) is 11.5 Å². The van der Waals surface area contributed by atoms with E-state index in [1.54, 1.807) is 6.07 Å². The van der Waals surface area contributed by atoms with E-state index in [4.69, 9.17) is 4.74 Å². The van der Waals surface area contributed by atoms with Crippen molar-refractivity contribution < 1.29 is 18.3 Å². The van der Waals surface area contributed by atoms with Gasteiger partial charge in [0, 0.05) is 37.8 Å². The number of hydrogen-bond donors (Lipinski definition) is 1. The lowest BCUT2D eigenvalue weighted by molar-refractivity contribution is -0.287. The van der Waals surface area contributed by atoms with Gasteiger partial charge >= 0.3 is 6.29 Å². The Morgan fingerprint density at radius 3 is 2.57 bits per heavy atom. The molecule has 1 saturated heterocycles. The normalized spacial score (nSPS) is 21.1. The molecule has 3 rings (SSSR count). The predicted octanol–water partition coefficient (Wildman–Crippen LogP) is 3.42. The van der Waals surface area contributed by atoms with Crippen molar-refractivity contribution in [3.8, 4) is 11.5 Å². The van der Waals surface area contributed by atoms with Crippen LogP contribution in [0.2, 0.25) is 0 Å². The first-order valence-electron chi connectivity index (χ1n) is 7.80. The SMILES string of the molecule is CC(C)C[C@@H](c1cccc2c1OC(F)(F)O2)N1CCNCC1.Cl. The summed E-state index contributed by atoms with van der Waals surface area (Å²) in [6.07, 6.45) is -2.67. The van der Waals surface area contributed by atoms with Gasteiger partial charge < -0.3 is 14.8 Å². The largest absolute Gasteiger partial charge is 0.586 e. The minimum Gasteiger partial charge on any atom is -0.395 e. The second-order valence-electron chi connectivity index (χ2n) is 6.27. The molecule has 1 aromatic carbocycles. The van der Waals surface area contributed by atoms with Crippen molar-refractivity contribution in [2.24, 2.45) is 5.92 Å². The smallest absolute Gasteiger partial charge is 0.395 e. The van der Waals surface area contributed by atoms with Gasteiger partial charge in [-0.25, -0.2) is 0 Å². The van der Waals surface area contributed by atoms with Gasteiger partial charge in [-0.3, -0.25) is 4.90 Å². The van der Waals surface area contributed by atoms with Crippen molar-refractivity contribution in [2.75, 3.05) is 26.2 Å². The molecule has 2 aliphatic heterocycles. The second kappa shape index (κ2) is 7.20. The van der Waals surface area contributed by atoms with Gasteiger partial charge in [0.25, 0.3) is 0 Å². The molecule has 7 heteroatoms. The molecule has 2 aliphatic rings. The lowest BCUT2D eigenvalue weighted by atomic mass is 9.94. The number of halogens is 3. The fraction of sp³-hybridized carbons (Fsp3) is 0.625. The van der Waals surface area contributed by atoms with Crippen molar-refractivity contribution in [3.63, 3.8) is 0 Å². The summed E-state index contributed by atoms with van der Waals surface area (Å²) < 4.78 is 36.2. The van der Waals surface area contributed by atoms with Crippen LogP contribution < -0.4 is 14.8 Å². The molecule has 1 N–H and O–H groups in total. The molecule has 0 bridgehead atoms. The number of ether oxygens (including phenoxy) is 2. The molecule has 0 aliphatic carbocycles. The van der Waals surface area contributed by atoms with Gasteiger partial charge in [0.05, 0.1) is 0 Å². The molecule has 23 heavy (non-hydrogen) atoms. The fourth-order valence-electron chi connectivity index (χ4n) is 3.17. The van der Waals surface area contributed by atoms with E-state index in [1.165, 1.54) is 6.07 Å². The molecule has 1 fully saturated rings. The van der Waals surface area contributed by atoms with E-state index >= 15 is 0 Å². The third-order valence-electron chi connectivity index (χ3n) is 4.11. The minimum absolute atomic E-state index is 0. The van der Waals surface area contributed by atoms with Crippen LogP contribution in [0.1, 0.15) is 31.9 Å². The first-order chi connectivity index (χ1) is 10.5. The molecular formula is C16H23ClF2N2O2. The highest BCUT2D eigenvalue weighted by atomic mass is 35.5. The Balaban J connectivity index is 0.00000192. The topological polar surface area (TPSA) is 33.7 Å². The molecule has 130 valence electrons. The molecule has 4 nitrogen and oxygen atoms in total. The van der Waals surface area contributed by atoms with E-state index in [-0.39, 0.29) is 29.9 Å². The van der Waals surface area contributed by atoms with Crippen LogP contribution in [0.4, 0.5) is 8.78 Å². The quantitative estimate of drug-likeness (QED) is 0.904. The fourth-order valence-corrected chi connectivity index (χ4v) is 3.17. The number of hydrogen-bond acceptors (Lipinski definition) is 4. The Morgan fingerprint density at radius 1 is 1.22 bits per heavy atom. The third-order valence-corrected chi connectivity index (χ3v) is 4.11. The molecule has 0 aromatic heterocycles. The molecule has 0 saturated carbocycles. The Labute approximate surface area is 141 Å². The van der Waals surface area contributed by atoms with E-state index in [1.807, 2.05) is 6.07 Å². The number of alkyl halides is 2. The number of piperazine rings is 1. The highest BCUT2D eigenvalue weighted by Gasteiger charge is 2.45. The van der Waals surface area contributed by atoms with E-state index < -0.39 is 6.29 Å². The molecule has 0 spiro atoms. The zero-order valence-corrected chi connectivity index (χ0v) is 14.2. The van der Waals surface area contributed by atoms with Gasteiger partial charge in [-0.1, -0.05) is 26.0 Å². The molecule has 0 unspecified atom stereocenters. The zero-order chi connectivity index (χ0) is 15.7. The lowest BCUT2D eigenvalue weighted by Gasteiger charge is -2.36. The molecule has 2 heterocycles. The van der Waals surface area contributed by atoms with E-state index in [0.717, 1.165) is 38.2 Å². The summed E-state index contributed by atoms with van der Waals surface area (Å²) >= 11 is 0. The van der Waals surface area contributed by atoms with Crippen LogP contribution in [0.5, 0.6) is 11.5 Å². The summed E-state index contributed by atoms with van der Waals surface area (Å²) in [6.45, 7) is 7.92. The Hall–Kier alpha value is -1.11. The summed E-state index contributed by atoms with van der Waals surface area (Å²) in [4.78, 5) is 2.34. The van der Waals surface area contributed by atoms with Gasteiger partial charge in [0.2, 0.25) is 0 Å². The first-order valence-corrected chi connectivity index (χ1v) is 7.80. The average molecular weight is 349 g/mol. The number of fused-ring (bicyclic) bond motifs is 1. The Morgan fingerprint density at radius 2 is 1.91 bits per heavy atom. The van der Waals surface area contributed by atoms with E-state index in [9.17, 15) is 8.78 Å². The van der Waals surface area contributed by atoms with Crippen LogP contribution in [0, 0.1) is 5.92 Å². The third kappa shape index (κ3) is 4.05. The predicted molar refractivity (Wildman–Crippen MR) is 86.5 cm³/mol. The van der Waals surface area contributed by atoms with Crippen molar-refractivity contribution in [3.05, 3.63) is 23.8 Å². The number of nitrogens with zero attached hydrogens (tertiary/aromatic N) is 1. The molecule has 1 atom stereocenters. The van der Waals surface area contributed by atoms with E-state index in [2.05, 4.69) is 28.8 Å². The summed E-state index contributed by atoms with van der Waals surface area (Å²) in [6, 6.07) is 5.23. The van der Waals surface area contributed by atoms with E-state index in [0.29, 0.717) is 5.92 Å². The summed E-state index contributed by atoms with van der Waals surface area (Å²) in [5.41, 5.74) is 0.797. The van der Waals surface area contributed by atoms with Crippen LogP contribution in [-0.4, -0.2) is 37.4 Å². The maximum absolute atomic E-state index is 13.4. The summed E-state index contributed by atoms with van der Waals surface area (Å²) in [5, 5.41) is 3.32. The number of rotatable bonds is 4. The average Bonchev–Trinajstić information content (AvgIpc) is 2.79. The van der Waals surface area contributed by atoms with Crippen LogP contribution >= 0.6 is 12.4 Å². The zero-order valence-electron chi connectivity index (χ0n) is 13.4. The maximum Gasteiger partial charge on any atom is 0.586 e. The summed E-state index contributed by atoms with van der Waals surface area (Å²) in [7, 11) is 0. The van der Waals surface area contributed by atoms with Crippen LogP contribution in [0.15, 0.2) is 18.2 Å². The van der Waals surface area contributed by atoms with Gasteiger partial charge in [0.1, 0.15) is 0 Å². The van der Waals surface area contributed by atoms with Crippen molar-refractivity contribution in [1.82, 2.24) is 10.2 Å². The van der Waals surface area contributed by atoms with Crippen LogP contribution in [-0.2, 0) is 0 Å². The molecule has 0 radical (unpaired) electrons. The standard InChI is InChI=1S/C16H22F2N2O2.ClH/c1-11(2)10-13(20-8-6-19-7-9-20)12-4-3-5-14-15(12)22-16(17,18)21-14;/h3-5,11,13,19H,6-10H2,1-2H3;1H/t13-;/m0./s1. The lowest BCUT2D eigenvalue weighted by Crippen LogP contribution is -2.45. The second-order valence-corrected chi connectivity index (χ2v) is 6.27. The molecule has 1 aromatic rings. The number of para-hydroxylation sites is 1. The van der Waals surface area contributed by atoms with Gasteiger partial charge in [-0.2, -0.15) is 0 Å². The van der Waals surface area contributed by atoms with Crippen LogP contribution in [0.3, 0.4) is 0 Å². The van der Waals surface area contributed by atoms with Gasteiger partial charge in [-0.05, 0) is 18.4 Å². The van der Waals surface area contributed by atoms with Crippen molar-refractivity contribution >= 4 is 12.4 Å². The number of benzene rings is 1. The summed E-state index contributed by atoms with van der Waals surface area (Å²) in [5.74, 6) is 0.779. The first kappa shape index (κ1) is 18.2. The minimum atomic E-state index is -3.57. The van der Waals surface area contributed by atoms with Crippen molar-refractivity contribution in [1.29, 1.82) is 0 Å². The van der Waals surface area contributed by atoms with Gasteiger partial charge in [-0.15, -0.1) is 21.2 Å². The molecular weight excluding hydrogens is 326 g/mol. The highest BCUT2D eigenvalue weighted by molar-refractivity contribution is 5.85. The number of nitrogens with one attached hydrogen (secondary N) is 1.